The lowest BCUT2D eigenvalue weighted by atomic mass is 9.76. The molecule has 0 amide bonds. The van der Waals surface area contributed by atoms with Crippen LogP contribution in [0.5, 0.6) is 0 Å². The van der Waals surface area contributed by atoms with Gasteiger partial charge in [0.25, 0.3) is 0 Å². The van der Waals surface area contributed by atoms with Crippen LogP contribution in [-0.4, -0.2) is 91.7 Å². The standard InChI is InChI=1S/C44H70N2O10/c1-12-31(40(48)49)33-16-15-24(4)38(53-33)28(8)36-27(7)37(46-45-36)32(13-2)39-25(5)23-26(6)43(54-39)20-18-35(52-30(10)47)44(56-43)22-21-41(11,55-44)34-17-19-42(50,14-3)29(9)51-34/h18,20,24-26,28-29,31-35,38-39,50H,12-17,19,21-23H2,1-11H3,(H,45,46)(H,48,49)/t24-,25-,26+,28-,29-,31+,32-,33+,34+,35+,38+,39-,41-,42+,43-,44-/m0/s1. The first-order valence-corrected chi connectivity index (χ1v) is 21.6. The molecule has 5 aliphatic rings. The van der Waals surface area contributed by atoms with E-state index in [0.717, 1.165) is 42.6 Å². The van der Waals surface area contributed by atoms with Crippen molar-refractivity contribution in [3.63, 3.8) is 0 Å². The average molecular weight is 787 g/mol. The van der Waals surface area contributed by atoms with E-state index in [0.29, 0.717) is 38.5 Å². The fourth-order valence-electron chi connectivity index (χ4n) is 11.0. The van der Waals surface area contributed by atoms with Crippen LogP contribution in [0.2, 0.25) is 0 Å². The molecule has 56 heavy (non-hydrogen) atoms. The van der Waals surface area contributed by atoms with Gasteiger partial charge in [-0.3, -0.25) is 14.7 Å². The second kappa shape index (κ2) is 16.4. The van der Waals surface area contributed by atoms with Gasteiger partial charge in [-0.2, -0.15) is 5.10 Å². The van der Waals surface area contributed by atoms with Crippen LogP contribution in [0.3, 0.4) is 0 Å². The van der Waals surface area contributed by atoms with Crippen LogP contribution < -0.4 is 0 Å². The van der Waals surface area contributed by atoms with Crippen molar-refractivity contribution in [2.75, 3.05) is 0 Å². The van der Waals surface area contributed by atoms with E-state index in [1.54, 1.807) is 0 Å². The Bertz CT molecular complexity index is 1600. The number of aromatic nitrogens is 2. The summed E-state index contributed by atoms with van der Waals surface area (Å²) in [7, 11) is 0. The number of nitrogens with zero attached hydrogens (tertiary/aromatic N) is 1. The van der Waals surface area contributed by atoms with Gasteiger partial charge in [0.15, 0.2) is 11.9 Å². The smallest absolute Gasteiger partial charge is 0.309 e. The Balaban J connectivity index is 1.26. The monoisotopic (exact) mass is 787 g/mol. The van der Waals surface area contributed by atoms with E-state index >= 15 is 0 Å². The molecule has 6 heterocycles. The molecule has 12 heteroatoms. The topological polar surface area (TPSA) is 159 Å². The van der Waals surface area contributed by atoms with Gasteiger partial charge in [-0.05, 0) is 108 Å². The van der Waals surface area contributed by atoms with Crippen molar-refractivity contribution >= 4 is 11.9 Å². The molecule has 1 aromatic rings. The van der Waals surface area contributed by atoms with E-state index in [4.69, 9.17) is 33.5 Å². The highest BCUT2D eigenvalue weighted by Crippen LogP contribution is 2.55. The summed E-state index contributed by atoms with van der Waals surface area (Å²) in [4.78, 5) is 24.5. The number of hydrogen-bond donors (Lipinski definition) is 3. The first-order chi connectivity index (χ1) is 26.4. The molecule has 2 spiro atoms. The second-order valence-corrected chi connectivity index (χ2v) is 18.4. The highest BCUT2D eigenvalue weighted by molar-refractivity contribution is 5.70. The molecule has 4 saturated heterocycles. The molecule has 4 fully saturated rings. The molecule has 1 aromatic heterocycles. The number of aliphatic hydroxyl groups is 1. The Kier molecular flexibility index (Phi) is 12.6. The summed E-state index contributed by atoms with van der Waals surface area (Å²) in [5, 5.41) is 29.4. The van der Waals surface area contributed by atoms with Gasteiger partial charge in [0.2, 0.25) is 5.79 Å². The van der Waals surface area contributed by atoms with E-state index in [2.05, 4.69) is 46.6 Å². The molecule has 6 rings (SSSR count). The fourth-order valence-corrected chi connectivity index (χ4v) is 11.0. The molecule has 0 saturated carbocycles. The molecule has 3 N–H and O–H groups in total. The molecule has 0 bridgehead atoms. The number of carbonyl (C=O) groups is 2. The molecular formula is C44H70N2O10. The lowest BCUT2D eigenvalue weighted by molar-refractivity contribution is -0.408. The van der Waals surface area contributed by atoms with Crippen molar-refractivity contribution < 1.29 is 48.2 Å². The molecule has 12 nitrogen and oxygen atoms in total. The van der Waals surface area contributed by atoms with Gasteiger partial charge in [-0.25, -0.2) is 0 Å². The fraction of sp³-hybridized carbons (Fsp3) is 0.841. The number of nitrogens with one attached hydrogen (secondary N) is 1. The number of esters is 1. The third-order valence-electron chi connectivity index (χ3n) is 14.7. The molecule has 0 radical (unpaired) electrons. The van der Waals surface area contributed by atoms with Gasteiger partial charge < -0.3 is 38.6 Å². The number of rotatable bonds is 11. The Morgan fingerprint density at radius 3 is 2.36 bits per heavy atom. The number of ether oxygens (including phenoxy) is 6. The maximum atomic E-state index is 12.5. The lowest BCUT2D eigenvalue weighted by Gasteiger charge is -2.54. The van der Waals surface area contributed by atoms with E-state index in [9.17, 15) is 19.8 Å². The molecule has 16 atom stereocenters. The predicted octanol–water partition coefficient (Wildman–Crippen LogP) is 7.86. The summed E-state index contributed by atoms with van der Waals surface area (Å²) < 4.78 is 40.5. The number of H-pyrrole nitrogens is 1. The number of hydrogen-bond acceptors (Lipinski definition) is 10. The lowest BCUT2D eigenvalue weighted by Crippen LogP contribution is -2.63. The van der Waals surface area contributed by atoms with Crippen molar-refractivity contribution in [3.05, 3.63) is 29.1 Å². The van der Waals surface area contributed by atoms with Crippen LogP contribution in [0.1, 0.15) is 162 Å². The number of aliphatic carboxylic acids is 1. The van der Waals surface area contributed by atoms with Gasteiger partial charge >= 0.3 is 11.9 Å². The maximum Gasteiger partial charge on any atom is 0.309 e. The van der Waals surface area contributed by atoms with E-state index in [1.807, 2.05) is 39.8 Å². The average Bonchev–Trinajstić information content (AvgIpc) is 3.70. The molecular weight excluding hydrogens is 716 g/mol. The Labute approximate surface area is 334 Å². The largest absolute Gasteiger partial charge is 0.481 e. The normalized spacial score (nSPS) is 43.1. The summed E-state index contributed by atoms with van der Waals surface area (Å²) in [6.45, 7) is 22.3. The van der Waals surface area contributed by atoms with Gasteiger partial charge in [0.05, 0.1) is 53.3 Å². The van der Waals surface area contributed by atoms with Gasteiger partial charge in [0, 0.05) is 36.8 Å². The third kappa shape index (κ3) is 7.76. The van der Waals surface area contributed by atoms with Gasteiger partial charge in [-0.1, -0.05) is 48.5 Å². The molecule has 316 valence electrons. The van der Waals surface area contributed by atoms with Crippen LogP contribution in [-0.2, 0) is 38.0 Å². The van der Waals surface area contributed by atoms with Crippen molar-refractivity contribution in [2.24, 2.45) is 23.7 Å². The highest BCUT2D eigenvalue weighted by Gasteiger charge is 2.64. The zero-order chi connectivity index (χ0) is 41.0. The minimum absolute atomic E-state index is 0.0164. The number of carboxylic acid groups (broad SMARTS) is 1. The van der Waals surface area contributed by atoms with Crippen LogP contribution in [0.15, 0.2) is 12.2 Å². The first-order valence-electron chi connectivity index (χ1n) is 21.6. The van der Waals surface area contributed by atoms with Crippen molar-refractivity contribution in [1.82, 2.24) is 10.2 Å². The van der Waals surface area contributed by atoms with Gasteiger partial charge in [-0.15, -0.1) is 0 Å². The summed E-state index contributed by atoms with van der Waals surface area (Å²) in [5.41, 5.74) is 1.43. The summed E-state index contributed by atoms with van der Waals surface area (Å²) in [6, 6.07) is 0. The van der Waals surface area contributed by atoms with Crippen LogP contribution in [0.4, 0.5) is 0 Å². The van der Waals surface area contributed by atoms with Gasteiger partial charge in [0.1, 0.15) is 0 Å². The molecule has 0 aliphatic carbocycles. The van der Waals surface area contributed by atoms with Crippen LogP contribution in [0, 0.1) is 30.6 Å². The Morgan fingerprint density at radius 2 is 1.73 bits per heavy atom. The second-order valence-electron chi connectivity index (χ2n) is 18.4. The summed E-state index contributed by atoms with van der Waals surface area (Å²) in [6.07, 6.45) is 8.52. The molecule has 5 aliphatic heterocycles. The first kappa shape index (κ1) is 43.2. The zero-order valence-electron chi connectivity index (χ0n) is 35.8. The molecule has 0 aromatic carbocycles. The molecule has 0 unspecified atom stereocenters. The van der Waals surface area contributed by atoms with Crippen molar-refractivity contribution in [1.29, 1.82) is 0 Å². The third-order valence-corrected chi connectivity index (χ3v) is 14.7. The number of carboxylic acids is 1. The van der Waals surface area contributed by atoms with E-state index < -0.39 is 46.7 Å². The summed E-state index contributed by atoms with van der Waals surface area (Å²) in [5.74, 6) is -3.82. The van der Waals surface area contributed by atoms with E-state index in [-0.39, 0.29) is 60.1 Å². The maximum absolute atomic E-state index is 12.5. The van der Waals surface area contributed by atoms with Crippen molar-refractivity contribution in [2.45, 2.75) is 212 Å². The quantitative estimate of drug-likeness (QED) is 0.148. The van der Waals surface area contributed by atoms with Crippen molar-refractivity contribution in [3.8, 4) is 0 Å². The highest BCUT2D eigenvalue weighted by atomic mass is 16.8. The van der Waals surface area contributed by atoms with Crippen LogP contribution in [0.25, 0.3) is 0 Å². The SMILES string of the molecule is CC[C@@H](C(=O)O)[C@H]1CC[C@H](C)[C@H]([C@@H](C)c2[nH]nc([C@H](CC)[C@H]3O[C@]4(C=C[C@@H](OC(C)=O)[C@]5(CC[C@@](C)([C@H]6CC[C@](O)(CC)[C@H](C)O6)O5)O4)[C@H](C)C[C@@H]3C)c2C)O1. The number of carbonyl (C=O) groups excluding carboxylic acids is 1. The van der Waals surface area contributed by atoms with E-state index in [1.165, 1.54) is 6.92 Å². The summed E-state index contributed by atoms with van der Waals surface area (Å²) >= 11 is 0. The Hall–Kier alpha value is -2.35. The minimum atomic E-state index is -1.29. The Morgan fingerprint density at radius 1 is 1.00 bits per heavy atom. The minimum Gasteiger partial charge on any atom is -0.481 e. The zero-order valence-corrected chi connectivity index (χ0v) is 35.8. The number of aromatic amines is 1. The van der Waals surface area contributed by atoms with Crippen LogP contribution >= 0.6 is 0 Å². The predicted molar refractivity (Wildman–Crippen MR) is 210 cm³/mol.